The lowest BCUT2D eigenvalue weighted by Crippen LogP contribution is -2.01. The number of hydrogen-bond acceptors (Lipinski definition) is 7. The Labute approximate surface area is 143 Å². The topological polar surface area (TPSA) is 120 Å². The van der Waals surface area contributed by atoms with E-state index in [1.165, 1.54) is 31.4 Å². The van der Waals surface area contributed by atoms with Crippen molar-refractivity contribution in [1.29, 1.82) is 0 Å². The van der Waals surface area contributed by atoms with Gasteiger partial charge in [-0.25, -0.2) is 0 Å². The maximum Gasteiger partial charge on any atom is 0.201 e. The van der Waals surface area contributed by atoms with E-state index in [1.807, 2.05) is 13.8 Å². The van der Waals surface area contributed by atoms with Crippen molar-refractivity contribution >= 4 is 11.0 Å². The molecule has 7 nitrogen and oxygen atoms in total. The van der Waals surface area contributed by atoms with Crippen LogP contribution in [0.5, 0.6) is 28.7 Å². The average molecular weight is 346 g/mol. The van der Waals surface area contributed by atoms with E-state index in [0.717, 1.165) is 6.07 Å². The smallest absolute Gasteiger partial charge is 0.201 e. The highest BCUT2D eigenvalue weighted by Crippen LogP contribution is 2.41. The van der Waals surface area contributed by atoms with Crippen molar-refractivity contribution in [2.24, 2.45) is 0 Å². The molecule has 0 aliphatic heterocycles. The molecule has 7 heteroatoms. The zero-order valence-electron chi connectivity index (χ0n) is 13.9. The van der Waals surface area contributed by atoms with E-state index >= 15 is 0 Å². The van der Waals surface area contributed by atoms with Gasteiger partial charge >= 0.3 is 0 Å². The van der Waals surface area contributed by atoms with Gasteiger partial charge in [0.25, 0.3) is 0 Å². The number of rotatable bonds is 2. The van der Waals surface area contributed by atoms with E-state index in [0.29, 0.717) is 5.56 Å². The zero-order chi connectivity index (χ0) is 18.7. The number of fused-ring (bicyclic) bond motifs is 1. The third kappa shape index (κ3) is 3.16. The number of phenols is 4. The van der Waals surface area contributed by atoms with Crippen molar-refractivity contribution in [3.8, 4) is 40.1 Å². The highest BCUT2D eigenvalue weighted by molar-refractivity contribution is 5.89. The molecule has 132 valence electrons. The molecule has 0 bridgehead atoms. The van der Waals surface area contributed by atoms with Gasteiger partial charge in [0.2, 0.25) is 5.75 Å². The predicted octanol–water partition coefficient (Wildman–Crippen LogP) is 3.32. The summed E-state index contributed by atoms with van der Waals surface area (Å²) in [5.74, 6) is -1.79. The molecule has 0 aliphatic carbocycles. The van der Waals surface area contributed by atoms with Gasteiger partial charge in [0.1, 0.15) is 16.7 Å². The van der Waals surface area contributed by atoms with Crippen molar-refractivity contribution in [3.63, 3.8) is 0 Å². The van der Waals surface area contributed by atoms with E-state index in [9.17, 15) is 25.2 Å². The maximum atomic E-state index is 12.2. The second-order valence-corrected chi connectivity index (χ2v) is 4.83. The first-order valence-electron chi connectivity index (χ1n) is 7.51. The van der Waals surface area contributed by atoms with E-state index in [-0.39, 0.29) is 34.0 Å². The van der Waals surface area contributed by atoms with Crippen LogP contribution in [0, 0.1) is 0 Å². The molecule has 0 saturated carbocycles. The fraction of sp³-hybridized carbons (Fsp3) is 0.167. The molecule has 1 heterocycles. The van der Waals surface area contributed by atoms with E-state index < -0.39 is 16.9 Å². The molecule has 0 amide bonds. The number of benzene rings is 2. The monoisotopic (exact) mass is 346 g/mol. The number of methoxy groups -OCH3 is 1. The van der Waals surface area contributed by atoms with E-state index in [2.05, 4.69) is 0 Å². The van der Waals surface area contributed by atoms with Crippen LogP contribution in [0.2, 0.25) is 0 Å². The number of aromatic hydroxyl groups is 4. The number of ether oxygens (including phenoxy) is 1. The first-order chi connectivity index (χ1) is 11.9. The second kappa shape index (κ2) is 7.04. The summed E-state index contributed by atoms with van der Waals surface area (Å²) in [7, 11) is 1.29. The van der Waals surface area contributed by atoms with Crippen LogP contribution in [0.15, 0.2) is 39.5 Å². The van der Waals surface area contributed by atoms with Crippen LogP contribution in [-0.4, -0.2) is 27.5 Å². The molecular weight excluding hydrogens is 328 g/mol. The fourth-order valence-corrected chi connectivity index (χ4v) is 2.24. The summed E-state index contributed by atoms with van der Waals surface area (Å²) in [5.41, 5.74) is -0.220. The fourth-order valence-electron chi connectivity index (χ4n) is 2.24. The third-order valence-electron chi connectivity index (χ3n) is 3.41. The van der Waals surface area contributed by atoms with Crippen molar-refractivity contribution < 1.29 is 29.6 Å². The van der Waals surface area contributed by atoms with E-state index in [4.69, 9.17) is 9.15 Å². The molecule has 25 heavy (non-hydrogen) atoms. The van der Waals surface area contributed by atoms with Gasteiger partial charge in [-0.1, -0.05) is 13.8 Å². The van der Waals surface area contributed by atoms with Gasteiger partial charge in [-0.15, -0.1) is 0 Å². The number of hydrogen-bond donors (Lipinski definition) is 4. The standard InChI is InChI=1S/C16H12O7.C2H6/c1-22-13-6-12-14(16(21)15(13)20)10(19)5-11(23-12)7-2-3-8(17)9(18)4-7;1-2/h2-6,17-18,20-21H,1H3;1-2H3. The normalized spacial score (nSPS) is 10.2. The second-order valence-electron chi connectivity index (χ2n) is 4.83. The summed E-state index contributed by atoms with van der Waals surface area (Å²) in [6, 6.07) is 6.33. The summed E-state index contributed by atoms with van der Waals surface area (Å²) >= 11 is 0. The Morgan fingerprint density at radius 1 is 0.920 bits per heavy atom. The molecule has 3 rings (SSSR count). The summed E-state index contributed by atoms with van der Waals surface area (Å²) < 4.78 is 10.5. The molecule has 0 aliphatic rings. The van der Waals surface area contributed by atoms with Gasteiger partial charge in [0.15, 0.2) is 28.4 Å². The van der Waals surface area contributed by atoms with Crippen LogP contribution >= 0.6 is 0 Å². The predicted molar refractivity (Wildman–Crippen MR) is 92.5 cm³/mol. The van der Waals surface area contributed by atoms with Crippen molar-refractivity contribution in [2.75, 3.05) is 7.11 Å². The summed E-state index contributed by atoms with van der Waals surface area (Å²) in [5, 5.41) is 38.4. The molecule has 0 fully saturated rings. The molecule has 2 aromatic carbocycles. The lowest BCUT2D eigenvalue weighted by atomic mass is 10.1. The third-order valence-corrected chi connectivity index (χ3v) is 3.41. The largest absolute Gasteiger partial charge is 0.504 e. The molecule has 0 unspecified atom stereocenters. The number of phenolic OH excluding ortho intramolecular Hbond substituents is 4. The summed E-state index contributed by atoms with van der Waals surface area (Å²) in [4.78, 5) is 12.2. The lowest BCUT2D eigenvalue weighted by molar-refractivity contribution is 0.352. The Kier molecular flexibility index (Phi) is 5.07. The zero-order valence-corrected chi connectivity index (χ0v) is 13.9. The van der Waals surface area contributed by atoms with Gasteiger partial charge in [-0.05, 0) is 18.2 Å². The maximum absolute atomic E-state index is 12.2. The van der Waals surface area contributed by atoms with Gasteiger partial charge in [-0.3, -0.25) is 4.79 Å². The Bertz CT molecular complexity index is 973. The molecular formula is C18H18O7. The summed E-state index contributed by atoms with van der Waals surface area (Å²) in [6.07, 6.45) is 0. The van der Waals surface area contributed by atoms with Crippen LogP contribution in [-0.2, 0) is 0 Å². The molecule has 1 aromatic heterocycles. The first-order valence-corrected chi connectivity index (χ1v) is 7.51. The highest BCUT2D eigenvalue weighted by atomic mass is 16.5. The highest BCUT2D eigenvalue weighted by Gasteiger charge is 2.18. The average Bonchev–Trinajstić information content (AvgIpc) is 2.61. The lowest BCUT2D eigenvalue weighted by Gasteiger charge is -2.09. The van der Waals surface area contributed by atoms with E-state index in [1.54, 1.807) is 0 Å². The molecule has 0 radical (unpaired) electrons. The Hall–Kier alpha value is -3.35. The Morgan fingerprint density at radius 2 is 1.60 bits per heavy atom. The van der Waals surface area contributed by atoms with Crippen LogP contribution in [0.4, 0.5) is 0 Å². The van der Waals surface area contributed by atoms with Crippen molar-refractivity contribution in [1.82, 2.24) is 0 Å². The van der Waals surface area contributed by atoms with Crippen LogP contribution in [0.3, 0.4) is 0 Å². The first kappa shape index (κ1) is 18.0. The minimum atomic E-state index is -0.631. The Morgan fingerprint density at radius 3 is 2.20 bits per heavy atom. The van der Waals surface area contributed by atoms with Crippen LogP contribution in [0.1, 0.15) is 13.8 Å². The Balaban J connectivity index is 0.00000109. The van der Waals surface area contributed by atoms with Crippen molar-refractivity contribution in [3.05, 3.63) is 40.6 Å². The minimum Gasteiger partial charge on any atom is -0.504 e. The molecule has 0 atom stereocenters. The van der Waals surface area contributed by atoms with Crippen molar-refractivity contribution in [2.45, 2.75) is 13.8 Å². The minimum absolute atomic E-state index is 0.00668. The molecule has 0 spiro atoms. The molecule has 4 N–H and O–H groups in total. The van der Waals surface area contributed by atoms with Gasteiger partial charge < -0.3 is 29.6 Å². The molecule has 3 aromatic rings. The SMILES string of the molecule is CC.COc1cc2oc(-c3ccc(O)c(O)c3)cc(=O)c2c(O)c1O. The van der Waals surface area contributed by atoms with Crippen LogP contribution < -0.4 is 10.2 Å². The van der Waals surface area contributed by atoms with Gasteiger partial charge in [0.05, 0.1) is 7.11 Å². The molecule has 0 saturated heterocycles. The quantitative estimate of drug-likeness (QED) is 0.525. The van der Waals surface area contributed by atoms with Gasteiger partial charge in [-0.2, -0.15) is 0 Å². The van der Waals surface area contributed by atoms with Gasteiger partial charge in [0, 0.05) is 17.7 Å². The summed E-state index contributed by atoms with van der Waals surface area (Å²) in [6.45, 7) is 4.00. The van der Waals surface area contributed by atoms with Crippen LogP contribution in [0.25, 0.3) is 22.3 Å².